The quantitative estimate of drug-likeness (QED) is 0.262. The van der Waals surface area contributed by atoms with Gasteiger partial charge < -0.3 is 10.1 Å². The molecular formula is C30H26N4O4. The van der Waals surface area contributed by atoms with Crippen molar-refractivity contribution in [3.8, 4) is 5.75 Å². The summed E-state index contributed by atoms with van der Waals surface area (Å²) in [4.78, 5) is 39.0. The van der Waals surface area contributed by atoms with Gasteiger partial charge in [-0.1, -0.05) is 54.6 Å². The molecule has 3 amide bonds. The third-order valence-electron chi connectivity index (χ3n) is 6.28. The average molecular weight is 507 g/mol. The summed E-state index contributed by atoms with van der Waals surface area (Å²) in [6, 6.07) is 27.8. The van der Waals surface area contributed by atoms with Crippen LogP contribution >= 0.6 is 0 Å². The van der Waals surface area contributed by atoms with Crippen LogP contribution in [0, 0.1) is 0 Å². The van der Waals surface area contributed by atoms with Crippen molar-refractivity contribution in [3.05, 3.63) is 108 Å². The molecule has 2 N–H and O–H groups in total. The van der Waals surface area contributed by atoms with E-state index in [1.165, 1.54) is 11.1 Å². The van der Waals surface area contributed by atoms with Gasteiger partial charge in [0, 0.05) is 10.9 Å². The number of anilines is 1. The van der Waals surface area contributed by atoms with Crippen molar-refractivity contribution < 1.29 is 19.1 Å². The van der Waals surface area contributed by atoms with Crippen LogP contribution in [0.3, 0.4) is 0 Å². The summed E-state index contributed by atoms with van der Waals surface area (Å²) < 4.78 is 5.57. The molecule has 0 unspecified atom stereocenters. The third-order valence-corrected chi connectivity index (χ3v) is 6.28. The SMILES string of the molecule is C[C@H](NC(=O)COc1ccc(/C=N\NC(=O)CN2C(=O)c3cccc4cccc2c34)cc1)c1ccccc1. The van der Waals surface area contributed by atoms with Crippen molar-refractivity contribution in [1.29, 1.82) is 0 Å². The van der Waals surface area contributed by atoms with Crippen LogP contribution in [0.1, 0.15) is 34.5 Å². The lowest BCUT2D eigenvalue weighted by Crippen LogP contribution is -2.37. The van der Waals surface area contributed by atoms with E-state index in [1.807, 2.05) is 67.6 Å². The summed E-state index contributed by atoms with van der Waals surface area (Å²) in [7, 11) is 0. The number of hydrogen-bond acceptors (Lipinski definition) is 5. The monoisotopic (exact) mass is 506 g/mol. The van der Waals surface area contributed by atoms with Gasteiger partial charge in [0.2, 0.25) is 0 Å². The molecule has 38 heavy (non-hydrogen) atoms. The Labute approximate surface area is 219 Å². The van der Waals surface area contributed by atoms with Crippen LogP contribution in [0.4, 0.5) is 5.69 Å². The summed E-state index contributed by atoms with van der Waals surface area (Å²) in [6.07, 6.45) is 1.50. The molecule has 1 heterocycles. The van der Waals surface area contributed by atoms with Gasteiger partial charge in [-0.05, 0) is 59.8 Å². The smallest absolute Gasteiger partial charge is 0.260 e. The number of carbonyl (C=O) groups excluding carboxylic acids is 3. The number of nitrogens with zero attached hydrogens (tertiary/aromatic N) is 2. The number of benzene rings is 4. The van der Waals surface area contributed by atoms with E-state index in [1.54, 1.807) is 30.3 Å². The van der Waals surface area contributed by atoms with Gasteiger partial charge in [0.05, 0.1) is 17.9 Å². The Balaban J connectivity index is 1.09. The van der Waals surface area contributed by atoms with Crippen molar-refractivity contribution in [3.63, 3.8) is 0 Å². The average Bonchev–Trinajstić information content (AvgIpc) is 3.21. The summed E-state index contributed by atoms with van der Waals surface area (Å²) in [6.45, 7) is 1.68. The molecule has 0 aromatic heterocycles. The standard InChI is InChI=1S/C30H26N4O4/c1-20(22-7-3-2-4-8-22)32-28(36)19-38-24-15-13-21(14-16-24)17-31-33-27(35)18-34-26-12-6-10-23-9-5-11-25(29(23)26)30(34)37/h2-17,20H,18-19H2,1H3,(H,32,36)(H,33,35)/b31-17-/t20-/m0/s1. The molecule has 4 aromatic rings. The van der Waals surface area contributed by atoms with Gasteiger partial charge >= 0.3 is 0 Å². The van der Waals surface area contributed by atoms with E-state index < -0.39 is 5.91 Å². The fourth-order valence-corrected chi connectivity index (χ4v) is 4.40. The second-order valence-electron chi connectivity index (χ2n) is 8.92. The van der Waals surface area contributed by atoms with Crippen LogP contribution in [0.15, 0.2) is 96.1 Å². The maximum absolute atomic E-state index is 12.8. The van der Waals surface area contributed by atoms with Crippen molar-refractivity contribution in [2.45, 2.75) is 13.0 Å². The molecule has 190 valence electrons. The van der Waals surface area contributed by atoms with E-state index in [4.69, 9.17) is 4.74 Å². The van der Waals surface area contributed by atoms with Crippen LogP contribution < -0.4 is 20.4 Å². The number of nitrogens with one attached hydrogen (secondary N) is 2. The second-order valence-corrected chi connectivity index (χ2v) is 8.92. The zero-order valence-corrected chi connectivity index (χ0v) is 20.8. The highest BCUT2D eigenvalue weighted by molar-refractivity contribution is 6.26. The molecule has 8 heteroatoms. The van der Waals surface area contributed by atoms with Crippen LogP contribution in [-0.4, -0.2) is 37.1 Å². The minimum absolute atomic E-state index is 0.104. The topological polar surface area (TPSA) is 100 Å². The van der Waals surface area contributed by atoms with Crippen molar-refractivity contribution in [2.24, 2.45) is 5.10 Å². The van der Waals surface area contributed by atoms with Gasteiger partial charge in [0.25, 0.3) is 17.7 Å². The van der Waals surface area contributed by atoms with Crippen molar-refractivity contribution in [2.75, 3.05) is 18.1 Å². The predicted octanol–water partition coefficient (Wildman–Crippen LogP) is 4.21. The fourth-order valence-electron chi connectivity index (χ4n) is 4.40. The normalized spacial score (nSPS) is 13.1. The molecule has 4 aromatic carbocycles. The molecule has 1 atom stereocenters. The largest absolute Gasteiger partial charge is 0.484 e. The number of amides is 3. The van der Waals surface area contributed by atoms with Crippen LogP contribution in [-0.2, 0) is 9.59 Å². The minimum Gasteiger partial charge on any atom is -0.484 e. The second kappa shape index (κ2) is 11.0. The Kier molecular flexibility index (Phi) is 7.13. The molecule has 1 aliphatic heterocycles. The number of carbonyl (C=O) groups is 3. The number of hydrazone groups is 1. The predicted molar refractivity (Wildman–Crippen MR) is 146 cm³/mol. The van der Waals surface area contributed by atoms with Gasteiger partial charge in [-0.2, -0.15) is 5.10 Å². The third kappa shape index (κ3) is 5.39. The lowest BCUT2D eigenvalue weighted by Gasteiger charge is -2.16. The Morgan fingerprint density at radius 3 is 2.42 bits per heavy atom. The van der Waals surface area contributed by atoms with E-state index >= 15 is 0 Å². The summed E-state index contributed by atoms with van der Waals surface area (Å²) in [5.41, 5.74) is 5.55. The molecule has 0 saturated carbocycles. The van der Waals surface area contributed by atoms with Crippen molar-refractivity contribution >= 4 is 40.4 Å². The van der Waals surface area contributed by atoms with E-state index in [0.717, 1.165) is 27.6 Å². The van der Waals surface area contributed by atoms with Crippen LogP contribution in [0.5, 0.6) is 5.75 Å². The zero-order chi connectivity index (χ0) is 26.5. The Morgan fingerprint density at radius 1 is 0.921 bits per heavy atom. The number of ether oxygens (including phenoxy) is 1. The van der Waals surface area contributed by atoms with Gasteiger partial charge in [-0.25, -0.2) is 5.43 Å². The highest BCUT2D eigenvalue weighted by Gasteiger charge is 2.30. The first-order valence-corrected chi connectivity index (χ1v) is 12.2. The maximum atomic E-state index is 12.8. The van der Waals surface area contributed by atoms with Crippen LogP contribution in [0.2, 0.25) is 0 Å². The van der Waals surface area contributed by atoms with Gasteiger partial charge in [-0.15, -0.1) is 0 Å². The molecule has 8 nitrogen and oxygen atoms in total. The maximum Gasteiger partial charge on any atom is 0.260 e. The first-order chi connectivity index (χ1) is 18.5. The van der Waals surface area contributed by atoms with E-state index in [0.29, 0.717) is 11.3 Å². The van der Waals surface area contributed by atoms with E-state index in [2.05, 4.69) is 15.8 Å². The molecule has 0 saturated heterocycles. The highest BCUT2D eigenvalue weighted by atomic mass is 16.5. The van der Waals surface area contributed by atoms with E-state index in [9.17, 15) is 14.4 Å². The van der Waals surface area contributed by atoms with Crippen LogP contribution in [0.25, 0.3) is 10.8 Å². The lowest BCUT2D eigenvalue weighted by molar-refractivity contribution is -0.123. The number of rotatable bonds is 9. The fraction of sp³-hybridized carbons (Fsp3) is 0.133. The molecular weight excluding hydrogens is 480 g/mol. The Morgan fingerprint density at radius 2 is 1.66 bits per heavy atom. The lowest BCUT2D eigenvalue weighted by atomic mass is 10.1. The van der Waals surface area contributed by atoms with Gasteiger partial charge in [0.1, 0.15) is 12.3 Å². The first-order valence-electron chi connectivity index (χ1n) is 12.2. The Hall–Kier alpha value is -4.98. The summed E-state index contributed by atoms with van der Waals surface area (Å²) in [5, 5.41) is 8.74. The minimum atomic E-state index is -0.407. The summed E-state index contributed by atoms with van der Waals surface area (Å²) >= 11 is 0. The highest BCUT2D eigenvalue weighted by Crippen LogP contribution is 2.36. The van der Waals surface area contributed by atoms with Crippen molar-refractivity contribution in [1.82, 2.24) is 10.7 Å². The molecule has 1 aliphatic rings. The summed E-state index contributed by atoms with van der Waals surface area (Å²) in [5.74, 6) is -0.287. The molecule has 0 radical (unpaired) electrons. The Bertz CT molecular complexity index is 1510. The molecule has 0 fully saturated rings. The number of hydrogen-bond donors (Lipinski definition) is 2. The van der Waals surface area contributed by atoms with Gasteiger partial charge in [0.15, 0.2) is 6.61 Å². The zero-order valence-electron chi connectivity index (χ0n) is 20.8. The molecule has 0 aliphatic carbocycles. The van der Waals surface area contributed by atoms with Gasteiger partial charge in [-0.3, -0.25) is 19.3 Å². The first kappa shape index (κ1) is 24.7. The van der Waals surface area contributed by atoms with E-state index in [-0.39, 0.29) is 31.0 Å². The molecule has 5 rings (SSSR count). The molecule has 0 spiro atoms. The molecule has 0 bridgehead atoms.